The zero-order valence-corrected chi connectivity index (χ0v) is 18.6. The van der Waals surface area contributed by atoms with Crippen molar-refractivity contribution in [1.29, 1.82) is 0 Å². The summed E-state index contributed by atoms with van der Waals surface area (Å²) in [6.45, 7) is 4.24. The molecule has 0 aliphatic carbocycles. The van der Waals surface area contributed by atoms with Gasteiger partial charge in [0, 0.05) is 22.8 Å². The Bertz CT molecular complexity index is 966. The van der Waals surface area contributed by atoms with Gasteiger partial charge in [0.2, 0.25) is 0 Å². The number of methoxy groups -OCH3 is 4. The second-order valence-electron chi connectivity index (χ2n) is 7.25. The molecule has 0 saturated heterocycles. The fraction of sp³-hybridized carbons (Fsp3) is 0.417. The van der Waals surface area contributed by atoms with E-state index in [1.807, 2.05) is 31.2 Å². The number of hydrogen-bond donors (Lipinski definition) is 0. The van der Waals surface area contributed by atoms with Gasteiger partial charge in [-0.3, -0.25) is 0 Å². The van der Waals surface area contributed by atoms with E-state index in [0.717, 1.165) is 47.4 Å². The van der Waals surface area contributed by atoms with Crippen molar-refractivity contribution in [3.63, 3.8) is 0 Å². The molecule has 1 aliphatic heterocycles. The molecule has 0 N–H and O–H groups in total. The predicted octanol–water partition coefficient (Wildman–Crippen LogP) is 5.22. The third kappa shape index (κ3) is 4.13. The molecule has 0 amide bonds. The lowest BCUT2D eigenvalue weighted by Crippen LogP contribution is -2.13. The van der Waals surface area contributed by atoms with E-state index in [2.05, 4.69) is 23.2 Å². The molecular formula is C24H30N2O4. The number of fused-ring (bicyclic) bond motifs is 1. The number of hydrogen-bond acceptors (Lipinski definition) is 6. The number of ether oxygens (including phenoxy) is 4. The summed E-state index contributed by atoms with van der Waals surface area (Å²) in [5.41, 5.74) is 4.79. The fourth-order valence-corrected chi connectivity index (χ4v) is 3.83. The van der Waals surface area contributed by atoms with Gasteiger partial charge in [-0.25, -0.2) is 0 Å². The lowest BCUT2D eigenvalue weighted by Gasteiger charge is -2.21. The molecule has 2 aromatic rings. The van der Waals surface area contributed by atoms with E-state index in [0.29, 0.717) is 23.0 Å². The second kappa shape index (κ2) is 9.65. The quantitative estimate of drug-likeness (QED) is 0.598. The van der Waals surface area contributed by atoms with Crippen molar-refractivity contribution >= 4 is 11.4 Å². The molecule has 1 unspecified atom stereocenters. The van der Waals surface area contributed by atoms with Crippen LogP contribution in [0.25, 0.3) is 0 Å². The molecule has 0 aromatic heterocycles. The second-order valence-corrected chi connectivity index (χ2v) is 7.25. The zero-order valence-electron chi connectivity index (χ0n) is 18.6. The van der Waals surface area contributed by atoms with Gasteiger partial charge in [0.25, 0.3) is 0 Å². The van der Waals surface area contributed by atoms with Crippen molar-refractivity contribution in [3.05, 3.63) is 47.0 Å². The third-order valence-electron chi connectivity index (χ3n) is 5.50. The average molecular weight is 411 g/mol. The van der Waals surface area contributed by atoms with E-state index in [4.69, 9.17) is 18.9 Å². The Balaban J connectivity index is 2.22. The molecule has 0 saturated carbocycles. The third-order valence-corrected chi connectivity index (χ3v) is 5.50. The summed E-state index contributed by atoms with van der Waals surface area (Å²) in [5.74, 6) is 2.86. The Morgan fingerprint density at radius 1 is 0.800 bits per heavy atom. The molecule has 0 fully saturated rings. The number of unbranched alkanes of at least 4 members (excludes halogenated alkanes) is 1. The highest BCUT2D eigenvalue weighted by atomic mass is 16.5. The van der Waals surface area contributed by atoms with Crippen LogP contribution < -0.4 is 18.9 Å². The van der Waals surface area contributed by atoms with Crippen LogP contribution in [0, 0.1) is 0 Å². The summed E-state index contributed by atoms with van der Waals surface area (Å²) in [5, 5.41) is 9.24. The largest absolute Gasteiger partial charge is 0.493 e. The van der Waals surface area contributed by atoms with Gasteiger partial charge in [0.1, 0.15) is 5.71 Å². The van der Waals surface area contributed by atoms with Gasteiger partial charge < -0.3 is 18.9 Å². The smallest absolute Gasteiger partial charge is 0.161 e. The van der Waals surface area contributed by atoms with Crippen molar-refractivity contribution < 1.29 is 18.9 Å². The average Bonchev–Trinajstić information content (AvgIpc) is 2.91. The van der Waals surface area contributed by atoms with E-state index in [9.17, 15) is 0 Å². The van der Waals surface area contributed by atoms with Crippen molar-refractivity contribution in [1.82, 2.24) is 0 Å². The molecule has 3 rings (SSSR count). The first kappa shape index (κ1) is 21.7. The lowest BCUT2D eigenvalue weighted by atomic mass is 9.84. The van der Waals surface area contributed by atoms with Crippen LogP contribution in [0.5, 0.6) is 23.0 Å². The first-order valence-corrected chi connectivity index (χ1v) is 10.2. The highest BCUT2D eigenvalue weighted by Crippen LogP contribution is 2.39. The van der Waals surface area contributed by atoms with Gasteiger partial charge in [0.05, 0.1) is 28.4 Å². The topological polar surface area (TPSA) is 61.6 Å². The minimum absolute atomic E-state index is 0.168. The van der Waals surface area contributed by atoms with Crippen LogP contribution in [0.4, 0.5) is 0 Å². The van der Waals surface area contributed by atoms with Crippen LogP contribution >= 0.6 is 0 Å². The molecule has 160 valence electrons. The molecular weight excluding hydrogens is 380 g/mol. The molecule has 0 radical (unpaired) electrons. The van der Waals surface area contributed by atoms with Crippen LogP contribution in [0.15, 0.2) is 40.5 Å². The van der Waals surface area contributed by atoms with Gasteiger partial charge in [-0.15, -0.1) is 5.10 Å². The minimum Gasteiger partial charge on any atom is -0.493 e. The van der Waals surface area contributed by atoms with Crippen molar-refractivity contribution in [3.8, 4) is 23.0 Å². The summed E-state index contributed by atoms with van der Waals surface area (Å²) < 4.78 is 22.1. The maximum atomic E-state index is 5.60. The number of rotatable bonds is 8. The van der Waals surface area contributed by atoms with E-state index in [1.165, 1.54) is 0 Å². The summed E-state index contributed by atoms with van der Waals surface area (Å²) in [4.78, 5) is 0. The lowest BCUT2D eigenvalue weighted by molar-refractivity contribution is 0.354. The molecule has 30 heavy (non-hydrogen) atoms. The first-order valence-electron chi connectivity index (χ1n) is 10.2. The number of nitrogens with zero attached hydrogens (tertiary/aromatic N) is 2. The van der Waals surface area contributed by atoms with E-state index < -0.39 is 0 Å². The standard InChI is InChI=1S/C24H30N2O4/c1-7-8-9-17-15(2)25-26-24(16-10-11-20(27-3)21(12-16)28-4)19-14-23(30-6)22(29-5)13-18(17)19/h10-14,17H,7-9H2,1-6H3. The molecule has 0 spiro atoms. The molecule has 1 aliphatic rings. The van der Waals surface area contributed by atoms with E-state index in [1.54, 1.807) is 28.4 Å². The molecule has 6 heteroatoms. The minimum atomic E-state index is 0.168. The summed E-state index contributed by atoms with van der Waals surface area (Å²) in [6.07, 6.45) is 3.23. The Labute approximate surface area is 178 Å². The van der Waals surface area contributed by atoms with Crippen LogP contribution in [0.3, 0.4) is 0 Å². The molecule has 6 nitrogen and oxygen atoms in total. The molecule has 0 bridgehead atoms. The van der Waals surface area contributed by atoms with Gasteiger partial charge >= 0.3 is 0 Å². The van der Waals surface area contributed by atoms with E-state index in [-0.39, 0.29) is 5.92 Å². The highest BCUT2D eigenvalue weighted by molar-refractivity contribution is 6.16. The molecule has 2 aromatic carbocycles. The monoisotopic (exact) mass is 410 g/mol. The van der Waals surface area contributed by atoms with Crippen molar-refractivity contribution in [2.24, 2.45) is 10.2 Å². The summed E-state index contributed by atoms with van der Waals surface area (Å²) in [7, 11) is 6.55. The zero-order chi connectivity index (χ0) is 21.7. The van der Waals surface area contributed by atoms with Crippen LogP contribution in [-0.4, -0.2) is 39.9 Å². The predicted molar refractivity (Wildman–Crippen MR) is 120 cm³/mol. The maximum absolute atomic E-state index is 5.60. The van der Waals surface area contributed by atoms with E-state index >= 15 is 0 Å². The maximum Gasteiger partial charge on any atom is 0.161 e. The Morgan fingerprint density at radius 3 is 2.07 bits per heavy atom. The Hall–Kier alpha value is -3.02. The van der Waals surface area contributed by atoms with Gasteiger partial charge in [-0.1, -0.05) is 19.8 Å². The summed E-state index contributed by atoms with van der Waals surface area (Å²) >= 11 is 0. The Morgan fingerprint density at radius 2 is 1.43 bits per heavy atom. The SMILES string of the molecule is CCCCC1C(C)=NN=C(c2ccc(OC)c(OC)c2)c2cc(OC)c(OC)cc21. The summed E-state index contributed by atoms with van der Waals surface area (Å²) in [6, 6.07) is 9.84. The molecule has 1 heterocycles. The number of benzene rings is 2. The van der Waals surface area contributed by atoms with Crippen molar-refractivity contribution in [2.75, 3.05) is 28.4 Å². The highest BCUT2D eigenvalue weighted by Gasteiger charge is 2.27. The fourth-order valence-electron chi connectivity index (χ4n) is 3.83. The van der Waals surface area contributed by atoms with Gasteiger partial charge in [0.15, 0.2) is 23.0 Å². The van der Waals surface area contributed by atoms with Crippen molar-refractivity contribution in [2.45, 2.75) is 39.0 Å². The van der Waals surface area contributed by atoms with Crippen LogP contribution in [0.2, 0.25) is 0 Å². The first-order chi connectivity index (χ1) is 14.6. The van der Waals surface area contributed by atoms with Gasteiger partial charge in [-0.2, -0.15) is 5.10 Å². The van der Waals surface area contributed by atoms with Gasteiger partial charge in [-0.05, 0) is 49.2 Å². The van der Waals surface area contributed by atoms with Crippen LogP contribution in [-0.2, 0) is 0 Å². The van der Waals surface area contributed by atoms with Crippen LogP contribution in [0.1, 0.15) is 55.7 Å². The molecule has 1 atom stereocenters. The Kier molecular flexibility index (Phi) is 6.98. The normalized spacial score (nSPS) is 15.5.